The van der Waals surface area contributed by atoms with Crippen molar-refractivity contribution in [2.75, 3.05) is 20.8 Å². The van der Waals surface area contributed by atoms with Gasteiger partial charge in [0.1, 0.15) is 17.5 Å². The van der Waals surface area contributed by atoms with Crippen LogP contribution in [0.15, 0.2) is 69.6 Å². The minimum Gasteiger partial charge on any atom is -0.497 e. The van der Waals surface area contributed by atoms with Gasteiger partial charge in [-0.1, -0.05) is 55.0 Å². The van der Waals surface area contributed by atoms with Crippen LogP contribution in [0.4, 0.5) is 0 Å². The number of aromatic nitrogens is 1. The number of thiazole rings is 1. The normalized spacial score (nSPS) is 15.4. The third kappa shape index (κ3) is 4.79. The Labute approximate surface area is 207 Å². The second-order valence-electron chi connectivity index (χ2n) is 7.93. The molecular formula is C27H28N2O5S. The first kappa shape index (κ1) is 24.5. The number of rotatable bonds is 8. The molecule has 3 aromatic rings. The quantitative estimate of drug-likeness (QED) is 0.449. The standard InChI is InChI=1S/C27H28N2O5S/c1-5-10-20-23(26(31)34-6-2)24(19-16-18(32-3)13-14-21(19)33-4)29-25(30)22(35-27(29)28-20)15-17-11-8-7-9-12-17/h7-9,11-16,24H,5-6,10H2,1-4H3/b22-15-. The highest BCUT2D eigenvalue weighted by Crippen LogP contribution is 2.38. The molecule has 2 aromatic carbocycles. The number of carbonyl (C=O) groups excluding carboxylic acids is 1. The first-order chi connectivity index (χ1) is 17.0. The number of ether oxygens (including phenoxy) is 3. The Hall–Kier alpha value is -3.65. The third-order valence-corrected chi connectivity index (χ3v) is 6.70. The molecule has 0 saturated carbocycles. The molecule has 1 aliphatic heterocycles. The van der Waals surface area contributed by atoms with E-state index in [-0.39, 0.29) is 12.2 Å². The van der Waals surface area contributed by atoms with E-state index in [4.69, 9.17) is 19.2 Å². The van der Waals surface area contributed by atoms with Crippen molar-refractivity contribution in [1.29, 1.82) is 0 Å². The van der Waals surface area contributed by atoms with Crippen molar-refractivity contribution in [2.45, 2.75) is 32.7 Å². The van der Waals surface area contributed by atoms with E-state index in [0.29, 0.717) is 44.1 Å². The lowest BCUT2D eigenvalue weighted by atomic mass is 9.93. The lowest BCUT2D eigenvalue weighted by Crippen LogP contribution is -2.40. The Morgan fingerprint density at radius 2 is 1.89 bits per heavy atom. The summed E-state index contributed by atoms with van der Waals surface area (Å²) in [6.45, 7) is 3.99. The molecule has 0 saturated heterocycles. The average Bonchev–Trinajstić information content (AvgIpc) is 3.18. The number of allylic oxidation sites excluding steroid dienone is 1. The van der Waals surface area contributed by atoms with Crippen LogP contribution < -0.4 is 24.4 Å². The highest BCUT2D eigenvalue weighted by Gasteiger charge is 2.36. The summed E-state index contributed by atoms with van der Waals surface area (Å²) in [6, 6.07) is 14.2. The second kappa shape index (κ2) is 10.7. The number of carbonyl (C=O) groups is 1. The summed E-state index contributed by atoms with van der Waals surface area (Å²) in [6.07, 6.45) is 3.19. The van der Waals surface area contributed by atoms with E-state index in [1.165, 1.54) is 11.3 Å². The molecule has 4 rings (SSSR count). The fourth-order valence-corrected chi connectivity index (χ4v) is 5.19. The minimum absolute atomic E-state index is 0.210. The van der Waals surface area contributed by atoms with Crippen molar-refractivity contribution in [3.8, 4) is 11.5 Å². The zero-order chi connectivity index (χ0) is 24.9. The van der Waals surface area contributed by atoms with Crippen LogP contribution in [0.2, 0.25) is 0 Å². The smallest absolute Gasteiger partial charge is 0.338 e. The molecule has 0 N–H and O–H groups in total. The fourth-order valence-electron chi connectivity index (χ4n) is 4.17. The lowest BCUT2D eigenvalue weighted by Gasteiger charge is -2.27. The maximum atomic E-state index is 13.8. The number of fused-ring (bicyclic) bond motifs is 1. The van der Waals surface area contributed by atoms with Gasteiger partial charge in [-0.2, -0.15) is 0 Å². The summed E-state index contributed by atoms with van der Waals surface area (Å²) in [5, 5.41) is 0. The molecule has 0 aliphatic carbocycles. The van der Waals surface area contributed by atoms with Gasteiger partial charge < -0.3 is 14.2 Å². The number of hydrogen-bond donors (Lipinski definition) is 0. The van der Waals surface area contributed by atoms with Crippen LogP contribution in [0.5, 0.6) is 11.5 Å². The van der Waals surface area contributed by atoms with E-state index in [9.17, 15) is 9.59 Å². The molecule has 1 unspecified atom stereocenters. The van der Waals surface area contributed by atoms with Gasteiger partial charge in [0.05, 0.1) is 36.6 Å². The van der Waals surface area contributed by atoms with Gasteiger partial charge in [-0.3, -0.25) is 9.36 Å². The van der Waals surface area contributed by atoms with E-state index in [1.54, 1.807) is 43.9 Å². The van der Waals surface area contributed by atoms with E-state index in [0.717, 1.165) is 12.0 Å². The molecule has 1 aromatic heterocycles. The molecule has 35 heavy (non-hydrogen) atoms. The Morgan fingerprint density at radius 3 is 2.54 bits per heavy atom. The van der Waals surface area contributed by atoms with Crippen molar-refractivity contribution in [2.24, 2.45) is 4.99 Å². The van der Waals surface area contributed by atoms with E-state index in [1.807, 2.05) is 43.3 Å². The second-order valence-corrected chi connectivity index (χ2v) is 8.94. The number of methoxy groups -OCH3 is 2. The van der Waals surface area contributed by atoms with Crippen molar-refractivity contribution in [1.82, 2.24) is 4.57 Å². The van der Waals surface area contributed by atoms with Gasteiger partial charge in [0.25, 0.3) is 5.56 Å². The number of esters is 1. The zero-order valence-corrected chi connectivity index (χ0v) is 21.1. The first-order valence-corrected chi connectivity index (χ1v) is 12.3. The van der Waals surface area contributed by atoms with Crippen molar-refractivity contribution < 1.29 is 19.0 Å². The molecule has 1 aliphatic rings. The summed E-state index contributed by atoms with van der Waals surface area (Å²) < 4.78 is 18.7. The lowest BCUT2D eigenvalue weighted by molar-refractivity contribution is -0.139. The molecular weight excluding hydrogens is 464 g/mol. The fraction of sp³-hybridized carbons (Fsp3) is 0.296. The van der Waals surface area contributed by atoms with Crippen LogP contribution in [0, 0.1) is 0 Å². The Morgan fingerprint density at radius 1 is 1.11 bits per heavy atom. The minimum atomic E-state index is -0.769. The summed E-state index contributed by atoms with van der Waals surface area (Å²) in [5.41, 5.74) is 2.27. The summed E-state index contributed by atoms with van der Waals surface area (Å²) in [5.74, 6) is 0.629. The van der Waals surface area contributed by atoms with Crippen molar-refractivity contribution >= 4 is 23.4 Å². The molecule has 0 amide bonds. The van der Waals surface area contributed by atoms with Gasteiger partial charge >= 0.3 is 5.97 Å². The van der Waals surface area contributed by atoms with Gasteiger partial charge in [0, 0.05) is 5.56 Å². The molecule has 8 heteroatoms. The molecule has 2 heterocycles. The molecule has 182 valence electrons. The molecule has 0 fully saturated rings. The number of hydrogen-bond acceptors (Lipinski definition) is 7. The van der Waals surface area contributed by atoms with Gasteiger partial charge in [-0.25, -0.2) is 9.79 Å². The van der Waals surface area contributed by atoms with Crippen LogP contribution in [0.25, 0.3) is 6.08 Å². The topological polar surface area (TPSA) is 79.1 Å². The maximum absolute atomic E-state index is 13.8. The van der Waals surface area contributed by atoms with Gasteiger partial charge in [-0.15, -0.1) is 0 Å². The zero-order valence-electron chi connectivity index (χ0n) is 20.2. The third-order valence-electron chi connectivity index (χ3n) is 5.72. The van der Waals surface area contributed by atoms with Gasteiger partial charge in [0.2, 0.25) is 0 Å². The van der Waals surface area contributed by atoms with E-state index in [2.05, 4.69) is 0 Å². The van der Waals surface area contributed by atoms with E-state index >= 15 is 0 Å². The highest BCUT2D eigenvalue weighted by atomic mass is 32.1. The van der Waals surface area contributed by atoms with Gasteiger partial charge in [0.15, 0.2) is 4.80 Å². The summed E-state index contributed by atoms with van der Waals surface area (Å²) in [7, 11) is 3.13. The van der Waals surface area contributed by atoms with Crippen molar-refractivity contribution in [3.05, 3.63) is 90.6 Å². The van der Waals surface area contributed by atoms with Gasteiger partial charge in [-0.05, 0) is 43.2 Å². The molecule has 0 bridgehead atoms. The van der Waals surface area contributed by atoms with Crippen LogP contribution >= 0.6 is 11.3 Å². The Balaban J connectivity index is 2.06. The molecule has 7 nitrogen and oxygen atoms in total. The maximum Gasteiger partial charge on any atom is 0.338 e. The van der Waals surface area contributed by atoms with Crippen LogP contribution in [0.3, 0.4) is 0 Å². The van der Waals surface area contributed by atoms with Crippen LogP contribution in [-0.2, 0) is 9.53 Å². The van der Waals surface area contributed by atoms with E-state index < -0.39 is 12.0 Å². The number of nitrogens with zero attached hydrogens (tertiary/aromatic N) is 2. The Kier molecular flexibility index (Phi) is 7.51. The molecule has 1 atom stereocenters. The highest BCUT2D eigenvalue weighted by molar-refractivity contribution is 7.07. The summed E-state index contributed by atoms with van der Waals surface area (Å²) in [4.78, 5) is 32.4. The first-order valence-electron chi connectivity index (χ1n) is 11.5. The molecule has 0 spiro atoms. The summed E-state index contributed by atoms with van der Waals surface area (Å²) >= 11 is 1.31. The van der Waals surface area contributed by atoms with Crippen molar-refractivity contribution in [3.63, 3.8) is 0 Å². The van der Waals surface area contributed by atoms with Crippen LogP contribution in [-0.4, -0.2) is 31.4 Å². The Bertz CT molecular complexity index is 1440. The predicted octanol–water partition coefficient (Wildman–Crippen LogP) is 3.60. The largest absolute Gasteiger partial charge is 0.497 e. The van der Waals surface area contributed by atoms with Crippen LogP contribution in [0.1, 0.15) is 43.9 Å². The predicted molar refractivity (Wildman–Crippen MR) is 136 cm³/mol. The number of benzene rings is 2. The average molecular weight is 493 g/mol. The monoisotopic (exact) mass is 492 g/mol. The molecule has 0 radical (unpaired) electrons. The SMILES string of the molecule is CCCC1=C(C(=O)OCC)C(c2cc(OC)ccc2OC)n2c(s/c(=C\c3ccccc3)c2=O)=N1.